The summed E-state index contributed by atoms with van der Waals surface area (Å²) in [7, 11) is 0. The van der Waals surface area contributed by atoms with Crippen LogP contribution < -0.4 is 0 Å². The van der Waals surface area contributed by atoms with E-state index in [1.165, 1.54) is 5.56 Å². The molecule has 2 unspecified atom stereocenters. The fraction of sp³-hybridized carbons (Fsp3) is 0.318. The van der Waals surface area contributed by atoms with Crippen molar-refractivity contribution >= 4 is 35.2 Å². The highest BCUT2D eigenvalue weighted by Gasteiger charge is 2.30. The van der Waals surface area contributed by atoms with Crippen molar-refractivity contribution in [1.29, 1.82) is 0 Å². The summed E-state index contributed by atoms with van der Waals surface area (Å²) in [6, 6.07) is 15.9. The van der Waals surface area contributed by atoms with Crippen molar-refractivity contribution in [2.24, 2.45) is 0 Å². The van der Waals surface area contributed by atoms with Crippen LogP contribution in [0.3, 0.4) is 0 Å². The quantitative estimate of drug-likeness (QED) is 0.661. The first-order valence-corrected chi connectivity index (χ1v) is 9.90. The first-order valence-electron chi connectivity index (χ1n) is 9.15. The molecule has 1 heterocycles. The third kappa shape index (κ3) is 5.35. The molecule has 0 saturated carbocycles. The normalized spacial score (nSPS) is 21.0. The number of carbonyl (C=O) groups is 1. The maximum absolute atomic E-state index is 12.7. The van der Waals surface area contributed by atoms with Crippen LogP contribution in [0.2, 0.25) is 10.0 Å². The molecule has 3 nitrogen and oxygen atoms in total. The third-order valence-electron chi connectivity index (χ3n) is 4.99. The molecule has 5 heteroatoms. The zero-order valence-electron chi connectivity index (χ0n) is 15.6. The Morgan fingerprint density at radius 3 is 2.19 bits per heavy atom. The van der Waals surface area contributed by atoms with E-state index >= 15 is 0 Å². The smallest absolute Gasteiger partial charge is 0.246 e. The molecule has 1 fully saturated rings. The van der Waals surface area contributed by atoms with Gasteiger partial charge in [0, 0.05) is 47.8 Å². The highest BCUT2D eigenvalue weighted by molar-refractivity contribution is 6.30. The van der Waals surface area contributed by atoms with Crippen molar-refractivity contribution in [2.45, 2.75) is 32.5 Å². The Hall–Kier alpha value is -1.81. The molecular weight excluding hydrogens is 379 g/mol. The van der Waals surface area contributed by atoms with Gasteiger partial charge in [-0.1, -0.05) is 47.5 Å². The Morgan fingerprint density at radius 1 is 0.963 bits per heavy atom. The number of carbonyl (C=O) groups excluding carboxylic acids is 1. The number of hydrogen-bond donors (Lipinski definition) is 0. The zero-order valence-corrected chi connectivity index (χ0v) is 17.1. The van der Waals surface area contributed by atoms with E-state index in [0.29, 0.717) is 11.1 Å². The number of benzene rings is 2. The van der Waals surface area contributed by atoms with Gasteiger partial charge in [0.05, 0.1) is 0 Å². The third-order valence-corrected chi connectivity index (χ3v) is 5.49. The lowest BCUT2D eigenvalue weighted by molar-refractivity contribution is -0.131. The van der Waals surface area contributed by atoms with Crippen molar-refractivity contribution in [3.05, 3.63) is 75.8 Å². The molecule has 0 aliphatic carbocycles. The van der Waals surface area contributed by atoms with Gasteiger partial charge in [-0.15, -0.1) is 0 Å². The predicted octanol–water partition coefficient (Wildman–Crippen LogP) is 5.13. The molecule has 0 N–H and O–H groups in total. The Bertz CT molecular complexity index is 802. The largest absolute Gasteiger partial charge is 0.334 e. The maximum atomic E-state index is 12.7. The second-order valence-electron chi connectivity index (χ2n) is 7.13. The average molecular weight is 403 g/mol. The van der Waals surface area contributed by atoms with Crippen LogP contribution in [0.1, 0.15) is 25.0 Å². The Morgan fingerprint density at radius 2 is 1.56 bits per heavy atom. The summed E-state index contributed by atoms with van der Waals surface area (Å²) >= 11 is 11.9. The van der Waals surface area contributed by atoms with Gasteiger partial charge in [-0.3, -0.25) is 9.69 Å². The Labute approximate surface area is 171 Å². The molecule has 1 aliphatic rings. The van der Waals surface area contributed by atoms with Crippen molar-refractivity contribution in [2.75, 3.05) is 13.1 Å². The molecule has 2 aromatic carbocycles. The number of amides is 1. The highest BCUT2D eigenvalue weighted by Crippen LogP contribution is 2.20. The zero-order chi connectivity index (χ0) is 19.4. The number of halogens is 2. The van der Waals surface area contributed by atoms with Crippen molar-refractivity contribution < 1.29 is 4.79 Å². The maximum Gasteiger partial charge on any atom is 0.246 e. The number of rotatable bonds is 4. The molecule has 1 amide bonds. The van der Waals surface area contributed by atoms with Crippen LogP contribution in [-0.4, -0.2) is 40.9 Å². The van der Waals surface area contributed by atoms with Crippen LogP contribution in [0.25, 0.3) is 6.08 Å². The van der Waals surface area contributed by atoms with Crippen molar-refractivity contribution in [3.8, 4) is 0 Å². The lowest BCUT2D eigenvalue weighted by Crippen LogP contribution is -2.57. The van der Waals surface area contributed by atoms with Gasteiger partial charge < -0.3 is 4.90 Å². The molecule has 2 atom stereocenters. The lowest BCUT2D eigenvalue weighted by Gasteiger charge is -2.44. The van der Waals surface area contributed by atoms with E-state index in [0.717, 1.165) is 30.2 Å². The highest BCUT2D eigenvalue weighted by atomic mass is 35.5. The average Bonchev–Trinajstić information content (AvgIpc) is 2.65. The Kier molecular flexibility index (Phi) is 6.59. The molecule has 1 saturated heterocycles. The van der Waals surface area contributed by atoms with Crippen LogP contribution in [0, 0.1) is 0 Å². The summed E-state index contributed by atoms with van der Waals surface area (Å²) in [5.74, 6) is 0.0513. The van der Waals surface area contributed by atoms with Gasteiger partial charge >= 0.3 is 0 Å². The first kappa shape index (κ1) is 19.9. The van der Waals surface area contributed by atoms with Crippen LogP contribution >= 0.6 is 23.2 Å². The molecule has 0 aromatic heterocycles. The van der Waals surface area contributed by atoms with E-state index in [2.05, 4.69) is 30.9 Å². The number of nitrogens with zero attached hydrogens (tertiary/aromatic N) is 2. The van der Waals surface area contributed by atoms with Gasteiger partial charge in [-0.2, -0.15) is 0 Å². The molecule has 3 rings (SSSR count). The summed E-state index contributed by atoms with van der Waals surface area (Å²) in [6.45, 7) is 6.72. The molecule has 0 bridgehead atoms. The van der Waals surface area contributed by atoms with Gasteiger partial charge in [0.1, 0.15) is 0 Å². The molecular formula is C22H24Cl2N2O. The van der Waals surface area contributed by atoms with E-state index < -0.39 is 0 Å². The Balaban J connectivity index is 1.61. The molecule has 0 spiro atoms. The van der Waals surface area contributed by atoms with E-state index in [1.54, 1.807) is 6.08 Å². The van der Waals surface area contributed by atoms with Crippen LogP contribution in [0.4, 0.5) is 0 Å². The van der Waals surface area contributed by atoms with Gasteiger partial charge in [0.25, 0.3) is 0 Å². The van der Waals surface area contributed by atoms with E-state index in [-0.39, 0.29) is 11.9 Å². The molecule has 142 valence electrons. The fourth-order valence-corrected chi connectivity index (χ4v) is 3.64. The standard InChI is InChI=1S/C22H24Cl2N2O/c1-16-14-26(22(27)12-7-18-3-8-20(23)9-4-18)17(2)13-25(16)15-19-5-10-21(24)11-6-19/h3-12,16-17H,13-15H2,1-2H3. The molecule has 27 heavy (non-hydrogen) atoms. The molecule has 2 aromatic rings. The summed E-state index contributed by atoms with van der Waals surface area (Å²) in [6.07, 6.45) is 3.50. The second-order valence-corrected chi connectivity index (χ2v) is 8.00. The van der Waals surface area contributed by atoms with E-state index in [4.69, 9.17) is 23.2 Å². The van der Waals surface area contributed by atoms with Crippen molar-refractivity contribution in [1.82, 2.24) is 9.80 Å². The van der Waals surface area contributed by atoms with Crippen LogP contribution in [0.15, 0.2) is 54.6 Å². The van der Waals surface area contributed by atoms with E-state index in [1.807, 2.05) is 47.4 Å². The topological polar surface area (TPSA) is 23.6 Å². The molecule has 1 aliphatic heterocycles. The lowest BCUT2D eigenvalue weighted by atomic mass is 10.1. The first-order chi connectivity index (χ1) is 12.9. The summed E-state index contributed by atoms with van der Waals surface area (Å²) in [5.41, 5.74) is 2.20. The minimum absolute atomic E-state index is 0.0513. The van der Waals surface area contributed by atoms with E-state index in [9.17, 15) is 4.79 Å². The SMILES string of the molecule is CC1CN(C(=O)C=Cc2ccc(Cl)cc2)C(C)CN1Cc1ccc(Cl)cc1. The predicted molar refractivity (Wildman–Crippen MR) is 113 cm³/mol. The van der Waals surface area contributed by atoms with Crippen LogP contribution in [-0.2, 0) is 11.3 Å². The summed E-state index contributed by atoms with van der Waals surface area (Å²) in [5, 5.41) is 1.45. The monoisotopic (exact) mass is 402 g/mol. The summed E-state index contributed by atoms with van der Waals surface area (Å²) < 4.78 is 0. The van der Waals surface area contributed by atoms with Gasteiger partial charge in [-0.25, -0.2) is 0 Å². The minimum atomic E-state index is 0.0513. The minimum Gasteiger partial charge on any atom is -0.334 e. The van der Waals surface area contributed by atoms with Gasteiger partial charge in [-0.05, 0) is 55.3 Å². The fourth-order valence-electron chi connectivity index (χ4n) is 3.39. The van der Waals surface area contributed by atoms with Crippen molar-refractivity contribution in [3.63, 3.8) is 0 Å². The van der Waals surface area contributed by atoms with Gasteiger partial charge in [0.2, 0.25) is 5.91 Å². The van der Waals surface area contributed by atoms with Gasteiger partial charge in [0.15, 0.2) is 0 Å². The number of piperazine rings is 1. The number of hydrogen-bond acceptors (Lipinski definition) is 2. The van der Waals surface area contributed by atoms with Crippen LogP contribution in [0.5, 0.6) is 0 Å². The second kappa shape index (κ2) is 8.92. The molecule has 0 radical (unpaired) electrons. The summed E-state index contributed by atoms with van der Waals surface area (Å²) in [4.78, 5) is 17.0.